The largest absolute Gasteiger partial charge is 0.493 e. The Hall–Kier alpha value is -1.59. The van der Waals surface area contributed by atoms with Gasteiger partial charge in [0.2, 0.25) is 0 Å². The van der Waals surface area contributed by atoms with Crippen molar-refractivity contribution in [3.63, 3.8) is 0 Å². The summed E-state index contributed by atoms with van der Waals surface area (Å²) in [6, 6.07) is 9.93. The monoisotopic (exact) mass is 318 g/mol. The third-order valence-corrected chi connectivity index (χ3v) is 4.06. The number of pyridine rings is 1. The topological polar surface area (TPSA) is 48.1 Å². The molecular weight excluding hydrogens is 300 g/mol. The third-order valence-electron chi connectivity index (χ3n) is 3.07. The summed E-state index contributed by atoms with van der Waals surface area (Å²) in [5.74, 6) is 0.768. The van der Waals surface area contributed by atoms with Crippen molar-refractivity contribution in [2.45, 2.75) is 17.7 Å². The molecule has 0 fully saturated rings. The number of nitrogens with two attached hydrogens (primary N) is 1. The van der Waals surface area contributed by atoms with Gasteiger partial charge in [0.25, 0.3) is 0 Å². The third kappa shape index (κ3) is 4.44. The SMILES string of the molecule is CSc1cccc(OCCCc2ccncc2)c1C(N)=S. The van der Waals surface area contributed by atoms with E-state index in [-0.39, 0.29) is 0 Å². The van der Waals surface area contributed by atoms with E-state index >= 15 is 0 Å². The lowest BCUT2D eigenvalue weighted by molar-refractivity contribution is 0.310. The Kier molecular flexibility index (Phi) is 6.02. The van der Waals surface area contributed by atoms with E-state index in [0.29, 0.717) is 11.6 Å². The second-order valence-electron chi connectivity index (χ2n) is 4.51. The maximum Gasteiger partial charge on any atom is 0.130 e. The number of thiocarbonyl (C=S) groups is 1. The fourth-order valence-electron chi connectivity index (χ4n) is 2.05. The molecule has 2 rings (SSSR count). The number of ether oxygens (including phenoxy) is 1. The Bertz CT molecular complexity index is 602. The zero-order valence-corrected chi connectivity index (χ0v) is 13.5. The molecule has 0 saturated heterocycles. The van der Waals surface area contributed by atoms with Crippen LogP contribution in [0.1, 0.15) is 17.5 Å². The lowest BCUT2D eigenvalue weighted by Crippen LogP contribution is -2.13. The predicted molar refractivity (Wildman–Crippen MR) is 92.2 cm³/mol. The molecule has 0 atom stereocenters. The van der Waals surface area contributed by atoms with Crippen LogP contribution < -0.4 is 10.5 Å². The van der Waals surface area contributed by atoms with E-state index in [2.05, 4.69) is 4.98 Å². The minimum Gasteiger partial charge on any atom is -0.493 e. The summed E-state index contributed by atoms with van der Waals surface area (Å²) in [5, 5.41) is 0. The Balaban J connectivity index is 1.95. The van der Waals surface area contributed by atoms with Gasteiger partial charge in [-0.1, -0.05) is 18.3 Å². The summed E-state index contributed by atoms with van der Waals surface area (Å²) in [5.41, 5.74) is 7.92. The van der Waals surface area contributed by atoms with Gasteiger partial charge in [-0.3, -0.25) is 4.98 Å². The van der Waals surface area contributed by atoms with Gasteiger partial charge < -0.3 is 10.5 Å². The molecule has 0 saturated carbocycles. The molecule has 2 N–H and O–H groups in total. The lowest BCUT2D eigenvalue weighted by Gasteiger charge is -2.13. The van der Waals surface area contributed by atoms with Crippen molar-refractivity contribution in [3.8, 4) is 5.75 Å². The summed E-state index contributed by atoms with van der Waals surface area (Å²) >= 11 is 6.76. The second kappa shape index (κ2) is 8.00. The average Bonchev–Trinajstić information content (AvgIpc) is 2.52. The van der Waals surface area contributed by atoms with Gasteiger partial charge in [0.15, 0.2) is 0 Å². The van der Waals surface area contributed by atoms with Crippen LogP contribution in [0.25, 0.3) is 0 Å². The normalized spacial score (nSPS) is 10.3. The minimum absolute atomic E-state index is 0.379. The van der Waals surface area contributed by atoms with E-state index < -0.39 is 0 Å². The average molecular weight is 318 g/mol. The number of hydrogen-bond acceptors (Lipinski definition) is 4. The van der Waals surface area contributed by atoms with Gasteiger partial charge in [-0.15, -0.1) is 11.8 Å². The molecule has 1 heterocycles. The van der Waals surface area contributed by atoms with Crippen LogP contribution >= 0.6 is 24.0 Å². The molecule has 2 aromatic rings. The number of aromatic nitrogens is 1. The van der Waals surface area contributed by atoms with Gasteiger partial charge in [0, 0.05) is 17.3 Å². The number of benzene rings is 1. The molecule has 0 aliphatic carbocycles. The lowest BCUT2D eigenvalue weighted by atomic mass is 10.1. The van der Waals surface area contributed by atoms with Crippen molar-refractivity contribution in [1.82, 2.24) is 4.98 Å². The van der Waals surface area contributed by atoms with E-state index in [4.69, 9.17) is 22.7 Å². The van der Waals surface area contributed by atoms with Crippen LogP contribution in [-0.4, -0.2) is 22.8 Å². The van der Waals surface area contributed by atoms with Crippen LogP contribution in [0.4, 0.5) is 0 Å². The fourth-order valence-corrected chi connectivity index (χ4v) is 2.96. The molecule has 0 radical (unpaired) electrons. The number of nitrogens with zero attached hydrogens (tertiary/aromatic N) is 1. The van der Waals surface area contributed by atoms with Crippen molar-refractivity contribution in [2.24, 2.45) is 5.73 Å². The maximum atomic E-state index is 5.87. The highest BCUT2D eigenvalue weighted by Gasteiger charge is 2.11. The number of hydrogen-bond donors (Lipinski definition) is 1. The van der Waals surface area contributed by atoms with E-state index in [1.165, 1.54) is 5.56 Å². The quantitative estimate of drug-likeness (QED) is 0.481. The van der Waals surface area contributed by atoms with Crippen molar-refractivity contribution >= 4 is 29.0 Å². The Morgan fingerprint density at radius 2 is 2.05 bits per heavy atom. The summed E-state index contributed by atoms with van der Waals surface area (Å²) in [6.07, 6.45) is 7.52. The van der Waals surface area contributed by atoms with Crippen LogP contribution in [-0.2, 0) is 6.42 Å². The highest BCUT2D eigenvalue weighted by Crippen LogP contribution is 2.28. The number of thioether (sulfide) groups is 1. The highest BCUT2D eigenvalue weighted by atomic mass is 32.2. The van der Waals surface area contributed by atoms with Crippen LogP contribution in [0.3, 0.4) is 0 Å². The van der Waals surface area contributed by atoms with Gasteiger partial charge in [-0.2, -0.15) is 0 Å². The van der Waals surface area contributed by atoms with Crippen molar-refractivity contribution in [2.75, 3.05) is 12.9 Å². The smallest absolute Gasteiger partial charge is 0.130 e. The molecule has 5 heteroatoms. The molecular formula is C16H18N2OS2. The van der Waals surface area contributed by atoms with Crippen LogP contribution in [0, 0.1) is 0 Å². The molecule has 0 unspecified atom stereocenters. The summed E-state index contributed by atoms with van der Waals surface area (Å²) in [4.78, 5) is 5.44. The summed E-state index contributed by atoms with van der Waals surface area (Å²) < 4.78 is 5.87. The van der Waals surface area contributed by atoms with E-state index in [0.717, 1.165) is 29.1 Å². The zero-order valence-electron chi connectivity index (χ0n) is 11.9. The van der Waals surface area contributed by atoms with Crippen LogP contribution in [0.2, 0.25) is 0 Å². The van der Waals surface area contributed by atoms with E-state index in [9.17, 15) is 0 Å². The van der Waals surface area contributed by atoms with Crippen molar-refractivity contribution < 1.29 is 4.74 Å². The first-order valence-corrected chi connectivity index (χ1v) is 8.34. The Morgan fingerprint density at radius 1 is 1.29 bits per heavy atom. The van der Waals surface area contributed by atoms with Gasteiger partial charge >= 0.3 is 0 Å². The molecule has 110 valence electrons. The molecule has 0 amide bonds. The first kappa shape index (κ1) is 15.8. The predicted octanol–water partition coefficient (Wildman–Crippen LogP) is 3.45. The summed E-state index contributed by atoms with van der Waals surface area (Å²) in [7, 11) is 0. The second-order valence-corrected chi connectivity index (χ2v) is 5.79. The minimum atomic E-state index is 0.379. The Labute approximate surface area is 134 Å². The standard InChI is InChI=1S/C16H18N2OS2/c1-21-14-6-2-5-13(15(14)16(17)20)19-11-3-4-12-7-9-18-10-8-12/h2,5-10H,3-4,11H2,1H3,(H2,17,20). The van der Waals surface area contributed by atoms with Gasteiger partial charge in [0.05, 0.1) is 12.2 Å². The Morgan fingerprint density at radius 3 is 2.71 bits per heavy atom. The summed E-state index contributed by atoms with van der Waals surface area (Å²) in [6.45, 7) is 0.635. The molecule has 1 aromatic heterocycles. The first-order valence-electron chi connectivity index (χ1n) is 6.71. The number of aryl methyl sites for hydroxylation is 1. The number of rotatable bonds is 7. The van der Waals surface area contributed by atoms with Gasteiger partial charge in [-0.25, -0.2) is 0 Å². The van der Waals surface area contributed by atoms with E-state index in [1.807, 2.05) is 49.0 Å². The molecule has 0 aliphatic rings. The zero-order chi connectivity index (χ0) is 15.1. The molecule has 0 spiro atoms. The van der Waals surface area contributed by atoms with Crippen LogP contribution in [0.5, 0.6) is 5.75 Å². The molecule has 0 aliphatic heterocycles. The van der Waals surface area contributed by atoms with Gasteiger partial charge in [0.1, 0.15) is 10.7 Å². The molecule has 0 bridgehead atoms. The fraction of sp³-hybridized carbons (Fsp3) is 0.250. The van der Waals surface area contributed by atoms with Gasteiger partial charge in [-0.05, 0) is 48.9 Å². The molecule has 1 aromatic carbocycles. The van der Waals surface area contributed by atoms with Crippen LogP contribution in [0.15, 0.2) is 47.6 Å². The molecule has 21 heavy (non-hydrogen) atoms. The maximum absolute atomic E-state index is 5.87. The van der Waals surface area contributed by atoms with E-state index in [1.54, 1.807) is 11.8 Å². The highest BCUT2D eigenvalue weighted by molar-refractivity contribution is 7.98. The van der Waals surface area contributed by atoms with Crippen molar-refractivity contribution in [1.29, 1.82) is 0 Å². The van der Waals surface area contributed by atoms with Crippen molar-refractivity contribution in [3.05, 3.63) is 53.9 Å². The first-order chi connectivity index (χ1) is 10.2. The molecule has 3 nitrogen and oxygen atoms in total.